The first-order chi connectivity index (χ1) is 18.8. The number of methoxy groups -OCH3 is 1. The molecular formula is C25H31F2N5O7. The molecule has 14 heteroatoms. The summed E-state index contributed by atoms with van der Waals surface area (Å²) in [5.74, 6) is -1.95. The molecule has 3 N–H and O–H groups in total. The Balaban J connectivity index is 1.29. The SMILES string of the molecule is CO[C@@H]1[C@@H](n2cc(-c3cccc(F)c3F)nn2)[C@@H](O)[C@@H](CO)O[C@@H]1CC1CC(C2CCN(C(=O)O)CC2)=NO1. The highest BCUT2D eigenvalue weighted by atomic mass is 19.2. The number of halogens is 2. The number of aromatic nitrogens is 3. The first-order valence-electron chi connectivity index (χ1n) is 12.8. The number of carbonyl (C=O) groups is 1. The number of nitrogens with zero attached hydrogens (tertiary/aromatic N) is 5. The Bertz CT molecular complexity index is 1210. The summed E-state index contributed by atoms with van der Waals surface area (Å²) in [6.07, 6.45) is -1.25. The molecule has 1 unspecified atom stereocenters. The molecule has 3 aliphatic heterocycles. The zero-order valence-electron chi connectivity index (χ0n) is 21.3. The van der Waals surface area contributed by atoms with Crippen molar-refractivity contribution in [3.63, 3.8) is 0 Å². The molecule has 0 saturated carbocycles. The van der Waals surface area contributed by atoms with Gasteiger partial charge in [0.25, 0.3) is 0 Å². The molecule has 0 bridgehead atoms. The summed E-state index contributed by atoms with van der Waals surface area (Å²) < 4.78 is 41.2. The van der Waals surface area contributed by atoms with E-state index in [9.17, 15) is 28.9 Å². The molecule has 1 amide bonds. The summed E-state index contributed by atoms with van der Waals surface area (Å²) in [5, 5.41) is 42.4. The number of piperidine rings is 1. The highest BCUT2D eigenvalue weighted by Gasteiger charge is 2.48. The van der Waals surface area contributed by atoms with Crippen LogP contribution in [-0.4, -0.2) is 104 Å². The number of aliphatic hydroxyl groups excluding tert-OH is 2. The molecule has 4 heterocycles. The van der Waals surface area contributed by atoms with E-state index < -0.39 is 54.8 Å². The minimum Gasteiger partial charge on any atom is -0.465 e. The number of rotatable bonds is 7. The van der Waals surface area contributed by atoms with Gasteiger partial charge in [-0.1, -0.05) is 16.4 Å². The summed E-state index contributed by atoms with van der Waals surface area (Å²) in [7, 11) is 1.46. The topological polar surface area (TPSA) is 152 Å². The van der Waals surface area contributed by atoms with E-state index in [0.29, 0.717) is 38.8 Å². The Morgan fingerprint density at radius 3 is 2.69 bits per heavy atom. The van der Waals surface area contributed by atoms with Gasteiger partial charge in [-0.2, -0.15) is 0 Å². The molecule has 5 rings (SSSR count). The molecule has 6 atom stereocenters. The number of oxime groups is 1. The maximum atomic E-state index is 14.4. The number of aliphatic hydroxyl groups is 2. The van der Waals surface area contributed by atoms with Gasteiger partial charge in [-0.3, -0.25) is 0 Å². The molecule has 0 spiro atoms. The van der Waals surface area contributed by atoms with Gasteiger partial charge < -0.3 is 34.5 Å². The molecule has 2 saturated heterocycles. The van der Waals surface area contributed by atoms with Crippen molar-refractivity contribution in [2.75, 3.05) is 26.8 Å². The van der Waals surface area contributed by atoms with Gasteiger partial charge in [-0.05, 0) is 25.0 Å². The van der Waals surface area contributed by atoms with Crippen LogP contribution in [0.2, 0.25) is 0 Å². The molecule has 0 radical (unpaired) electrons. The van der Waals surface area contributed by atoms with E-state index in [1.54, 1.807) is 0 Å². The van der Waals surface area contributed by atoms with Gasteiger partial charge in [0.15, 0.2) is 11.6 Å². The summed E-state index contributed by atoms with van der Waals surface area (Å²) in [4.78, 5) is 18.3. The van der Waals surface area contributed by atoms with E-state index >= 15 is 0 Å². The van der Waals surface area contributed by atoms with Crippen LogP contribution >= 0.6 is 0 Å². The summed E-state index contributed by atoms with van der Waals surface area (Å²) in [6, 6.07) is 2.88. The van der Waals surface area contributed by atoms with Crippen LogP contribution in [0.1, 0.15) is 31.7 Å². The molecule has 0 aliphatic carbocycles. The Hall–Kier alpha value is -3.20. The average Bonchev–Trinajstić information content (AvgIpc) is 3.61. The zero-order chi connectivity index (χ0) is 27.7. The fraction of sp³-hybridized carbons (Fsp3) is 0.600. The van der Waals surface area contributed by atoms with Crippen molar-refractivity contribution in [2.24, 2.45) is 11.1 Å². The third-order valence-electron chi connectivity index (χ3n) is 7.77. The molecule has 1 aromatic heterocycles. The zero-order valence-corrected chi connectivity index (χ0v) is 21.3. The van der Waals surface area contributed by atoms with E-state index in [1.165, 1.54) is 35.0 Å². The highest BCUT2D eigenvalue weighted by molar-refractivity contribution is 5.88. The lowest BCUT2D eigenvalue weighted by atomic mass is 9.86. The second-order valence-corrected chi connectivity index (χ2v) is 10.1. The summed E-state index contributed by atoms with van der Waals surface area (Å²) in [6.45, 7) is 0.413. The van der Waals surface area contributed by atoms with Gasteiger partial charge >= 0.3 is 6.09 Å². The van der Waals surface area contributed by atoms with Gasteiger partial charge in [0.05, 0.1) is 24.6 Å². The second-order valence-electron chi connectivity index (χ2n) is 10.1. The van der Waals surface area contributed by atoms with E-state index in [4.69, 9.17) is 14.3 Å². The van der Waals surface area contributed by atoms with Crippen molar-refractivity contribution >= 4 is 11.8 Å². The van der Waals surface area contributed by atoms with Crippen molar-refractivity contribution in [2.45, 2.75) is 62.2 Å². The number of ether oxygens (including phenoxy) is 2. The lowest BCUT2D eigenvalue weighted by Crippen LogP contribution is -2.57. The van der Waals surface area contributed by atoms with Crippen LogP contribution in [0.25, 0.3) is 11.3 Å². The second kappa shape index (κ2) is 11.5. The third kappa shape index (κ3) is 5.46. The molecule has 1 aromatic carbocycles. The predicted molar refractivity (Wildman–Crippen MR) is 131 cm³/mol. The minimum atomic E-state index is -1.24. The monoisotopic (exact) mass is 551 g/mol. The van der Waals surface area contributed by atoms with Crippen molar-refractivity contribution in [3.05, 3.63) is 36.0 Å². The first-order valence-corrected chi connectivity index (χ1v) is 12.8. The highest BCUT2D eigenvalue weighted by Crippen LogP contribution is 2.36. The third-order valence-corrected chi connectivity index (χ3v) is 7.77. The molecule has 212 valence electrons. The maximum absolute atomic E-state index is 14.4. The van der Waals surface area contributed by atoms with Gasteiger partial charge in [0.1, 0.15) is 36.2 Å². The Morgan fingerprint density at radius 1 is 1.23 bits per heavy atom. The number of carboxylic acid groups (broad SMARTS) is 1. The van der Waals surface area contributed by atoms with Gasteiger partial charge in [0.2, 0.25) is 0 Å². The van der Waals surface area contributed by atoms with E-state index in [-0.39, 0.29) is 23.3 Å². The quantitative estimate of drug-likeness (QED) is 0.468. The van der Waals surface area contributed by atoms with Crippen LogP contribution in [0.5, 0.6) is 0 Å². The van der Waals surface area contributed by atoms with Crippen LogP contribution in [0, 0.1) is 17.6 Å². The maximum Gasteiger partial charge on any atom is 0.407 e. The lowest BCUT2D eigenvalue weighted by molar-refractivity contribution is -0.219. The van der Waals surface area contributed by atoms with Crippen LogP contribution in [0.15, 0.2) is 29.6 Å². The van der Waals surface area contributed by atoms with Gasteiger partial charge in [-0.15, -0.1) is 5.10 Å². The van der Waals surface area contributed by atoms with Gasteiger partial charge in [-0.25, -0.2) is 18.3 Å². The molecule has 2 aromatic rings. The molecule has 39 heavy (non-hydrogen) atoms. The standard InChI is InChI=1S/C25H31F2N5O7/c1-37-24-19(10-14-9-17(29-39-14)13-5-7-31(8-6-13)25(35)36)38-20(12-33)23(34)22(24)32-11-18(28-30-32)15-3-2-4-16(26)21(15)27/h2-4,11,13-14,19-20,22-24,33-34H,5-10,12H2,1H3,(H,35,36)/t14?,19-,20-,22+,23+,24+/m1/s1. The predicted octanol–water partition coefficient (Wildman–Crippen LogP) is 1.83. The lowest BCUT2D eigenvalue weighted by Gasteiger charge is -2.44. The first kappa shape index (κ1) is 27.4. The molecule has 2 fully saturated rings. The largest absolute Gasteiger partial charge is 0.465 e. The fourth-order valence-electron chi connectivity index (χ4n) is 5.68. The van der Waals surface area contributed by atoms with E-state index in [2.05, 4.69) is 15.5 Å². The normalized spacial score (nSPS) is 29.8. The van der Waals surface area contributed by atoms with Crippen molar-refractivity contribution in [1.29, 1.82) is 0 Å². The Labute approximate surface area is 222 Å². The van der Waals surface area contributed by atoms with Crippen LogP contribution in [0.3, 0.4) is 0 Å². The van der Waals surface area contributed by atoms with Gasteiger partial charge in [0, 0.05) is 44.5 Å². The minimum absolute atomic E-state index is 0.0729. The Morgan fingerprint density at radius 2 is 2.00 bits per heavy atom. The summed E-state index contributed by atoms with van der Waals surface area (Å²) in [5.41, 5.74) is 0.872. The van der Waals surface area contributed by atoms with E-state index in [1.807, 2.05) is 0 Å². The smallest absolute Gasteiger partial charge is 0.407 e. The molecular weight excluding hydrogens is 520 g/mol. The average molecular weight is 552 g/mol. The fourth-order valence-corrected chi connectivity index (χ4v) is 5.68. The Kier molecular flexibility index (Phi) is 8.07. The number of likely N-dealkylation sites (tertiary alicyclic amines) is 1. The number of amides is 1. The molecule has 3 aliphatic rings. The van der Waals surface area contributed by atoms with Crippen LogP contribution in [-0.2, 0) is 14.3 Å². The van der Waals surface area contributed by atoms with Crippen molar-refractivity contribution < 1.29 is 43.2 Å². The van der Waals surface area contributed by atoms with Crippen molar-refractivity contribution in [3.8, 4) is 11.3 Å². The van der Waals surface area contributed by atoms with Crippen LogP contribution in [0.4, 0.5) is 13.6 Å². The molecule has 12 nitrogen and oxygen atoms in total. The van der Waals surface area contributed by atoms with Crippen LogP contribution < -0.4 is 0 Å². The van der Waals surface area contributed by atoms with Crippen molar-refractivity contribution in [1.82, 2.24) is 19.9 Å². The summed E-state index contributed by atoms with van der Waals surface area (Å²) >= 11 is 0. The number of hydrogen-bond acceptors (Lipinski definition) is 9. The van der Waals surface area contributed by atoms with E-state index in [0.717, 1.165) is 11.8 Å². The number of benzene rings is 1. The number of hydrogen-bond donors (Lipinski definition) is 3.